The van der Waals surface area contributed by atoms with Crippen molar-refractivity contribution in [1.82, 2.24) is 5.43 Å². The van der Waals surface area contributed by atoms with E-state index in [0.29, 0.717) is 5.69 Å². The molecule has 0 atom stereocenters. The summed E-state index contributed by atoms with van der Waals surface area (Å²) in [5, 5.41) is 3.99. The first-order chi connectivity index (χ1) is 13.0. The van der Waals surface area contributed by atoms with Crippen molar-refractivity contribution in [3.05, 3.63) is 63.7 Å². The lowest BCUT2D eigenvalue weighted by Gasteiger charge is -2.23. The number of amides is 1. The van der Waals surface area contributed by atoms with Gasteiger partial charge in [-0.2, -0.15) is 5.10 Å². The molecule has 0 aliphatic heterocycles. The van der Waals surface area contributed by atoms with Gasteiger partial charge in [0.05, 0.1) is 18.2 Å². The quantitative estimate of drug-likeness (QED) is 0.597. The van der Waals surface area contributed by atoms with Gasteiger partial charge in [-0.15, -0.1) is 0 Å². The zero-order valence-corrected chi connectivity index (χ0v) is 18.0. The van der Waals surface area contributed by atoms with E-state index in [1.165, 1.54) is 11.1 Å². The summed E-state index contributed by atoms with van der Waals surface area (Å²) in [6.07, 6.45) is 2.66. The van der Waals surface area contributed by atoms with Gasteiger partial charge in [0.1, 0.15) is 6.54 Å². The lowest BCUT2D eigenvalue weighted by Crippen LogP contribution is -2.39. The van der Waals surface area contributed by atoms with Crippen LogP contribution < -0.4 is 9.73 Å². The zero-order valence-electron chi connectivity index (χ0n) is 17.2. The van der Waals surface area contributed by atoms with E-state index in [-0.39, 0.29) is 6.54 Å². The van der Waals surface area contributed by atoms with E-state index in [9.17, 15) is 13.2 Å². The van der Waals surface area contributed by atoms with E-state index in [1.807, 2.05) is 58.9 Å². The summed E-state index contributed by atoms with van der Waals surface area (Å²) in [7, 11) is -3.62. The summed E-state index contributed by atoms with van der Waals surface area (Å²) in [4.78, 5) is 12.3. The van der Waals surface area contributed by atoms with Crippen molar-refractivity contribution in [2.45, 2.75) is 34.6 Å². The number of aryl methyl sites for hydroxylation is 3. The maximum atomic E-state index is 12.3. The number of carbonyl (C=O) groups is 1. The van der Waals surface area contributed by atoms with E-state index in [2.05, 4.69) is 10.5 Å². The summed E-state index contributed by atoms with van der Waals surface area (Å²) < 4.78 is 25.5. The summed E-state index contributed by atoms with van der Waals surface area (Å²) in [6.45, 7) is 9.48. The summed E-state index contributed by atoms with van der Waals surface area (Å²) >= 11 is 0. The fourth-order valence-electron chi connectivity index (χ4n) is 2.92. The maximum absolute atomic E-state index is 12.3. The van der Waals surface area contributed by atoms with Gasteiger partial charge in [-0.3, -0.25) is 9.10 Å². The zero-order chi connectivity index (χ0) is 21.1. The molecule has 0 bridgehead atoms. The Labute approximate surface area is 167 Å². The Morgan fingerprint density at radius 2 is 1.71 bits per heavy atom. The number of rotatable bonds is 6. The van der Waals surface area contributed by atoms with Crippen LogP contribution in [0.4, 0.5) is 5.69 Å². The number of hydrogen-bond acceptors (Lipinski definition) is 4. The number of anilines is 1. The first-order valence-electron chi connectivity index (χ1n) is 8.94. The topological polar surface area (TPSA) is 78.8 Å². The average Bonchev–Trinajstić information content (AvgIpc) is 2.59. The molecular weight excluding hydrogens is 374 g/mol. The second-order valence-corrected chi connectivity index (χ2v) is 8.98. The minimum atomic E-state index is -3.62. The molecule has 1 N–H and O–H groups in total. The predicted molar refractivity (Wildman–Crippen MR) is 114 cm³/mol. The first-order valence-corrected chi connectivity index (χ1v) is 10.8. The van der Waals surface area contributed by atoms with Crippen LogP contribution in [0.2, 0.25) is 0 Å². The van der Waals surface area contributed by atoms with Crippen LogP contribution in [-0.2, 0) is 14.8 Å². The Morgan fingerprint density at radius 1 is 1.04 bits per heavy atom. The molecule has 0 fully saturated rings. The monoisotopic (exact) mass is 401 g/mol. The molecule has 1 amide bonds. The number of carbonyl (C=O) groups excluding carboxylic acids is 1. The smallest absolute Gasteiger partial charge is 0.260 e. The van der Waals surface area contributed by atoms with Crippen molar-refractivity contribution >= 4 is 27.8 Å². The third-order valence-corrected chi connectivity index (χ3v) is 5.93. The molecule has 0 aliphatic carbocycles. The SMILES string of the molecule is Cc1ccc(N(CC(=O)N/N=C\c2ccc(C)c(C)c2C)S(C)(=O)=O)c(C)c1. The number of hydrazone groups is 1. The molecule has 0 saturated heterocycles. The third-order valence-electron chi connectivity index (χ3n) is 4.80. The van der Waals surface area contributed by atoms with E-state index >= 15 is 0 Å². The number of sulfonamides is 1. The molecule has 0 aliphatic rings. The highest BCUT2D eigenvalue weighted by Crippen LogP contribution is 2.23. The van der Waals surface area contributed by atoms with Gasteiger partial charge in [-0.1, -0.05) is 29.8 Å². The summed E-state index contributed by atoms with van der Waals surface area (Å²) in [5.41, 5.74) is 9.06. The van der Waals surface area contributed by atoms with E-state index in [0.717, 1.165) is 32.8 Å². The fourth-order valence-corrected chi connectivity index (χ4v) is 3.84. The molecule has 2 rings (SSSR count). The van der Waals surface area contributed by atoms with Crippen LogP contribution in [0.1, 0.15) is 33.4 Å². The number of benzene rings is 2. The van der Waals surface area contributed by atoms with Gasteiger partial charge < -0.3 is 0 Å². The Morgan fingerprint density at radius 3 is 2.32 bits per heavy atom. The fraction of sp³-hybridized carbons (Fsp3) is 0.333. The molecule has 2 aromatic rings. The standard InChI is InChI=1S/C21H27N3O3S/c1-14-7-10-20(16(3)11-14)24(28(6,26)27)13-21(25)23-22-12-19-9-8-15(2)17(4)18(19)5/h7-12H,13H2,1-6H3,(H,23,25)/b22-12-. The average molecular weight is 402 g/mol. The van der Waals surface area contributed by atoms with Crippen molar-refractivity contribution < 1.29 is 13.2 Å². The minimum Gasteiger partial charge on any atom is -0.271 e. The molecular formula is C21H27N3O3S. The second-order valence-electron chi connectivity index (χ2n) is 7.07. The largest absolute Gasteiger partial charge is 0.271 e. The molecule has 150 valence electrons. The van der Waals surface area contributed by atoms with Gasteiger partial charge in [0.2, 0.25) is 10.0 Å². The maximum Gasteiger partial charge on any atom is 0.260 e. The molecule has 0 radical (unpaired) electrons. The van der Waals surface area contributed by atoms with Gasteiger partial charge in [0.15, 0.2) is 0 Å². The Hall–Kier alpha value is -2.67. The Balaban J connectivity index is 2.16. The number of hydrogen-bond donors (Lipinski definition) is 1. The van der Waals surface area contributed by atoms with Crippen LogP contribution in [0.3, 0.4) is 0 Å². The predicted octanol–water partition coefficient (Wildman–Crippen LogP) is 3.15. The van der Waals surface area contributed by atoms with Gasteiger partial charge in [-0.05, 0) is 68.5 Å². The highest BCUT2D eigenvalue weighted by molar-refractivity contribution is 7.92. The van der Waals surface area contributed by atoms with Crippen molar-refractivity contribution in [3.63, 3.8) is 0 Å². The van der Waals surface area contributed by atoms with Crippen LogP contribution in [-0.4, -0.2) is 33.3 Å². The van der Waals surface area contributed by atoms with Crippen LogP contribution in [0.5, 0.6) is 0 Å². The molecule has 0 heterocycles. The normalized spacial score (nSPS) is 11.6. The first kappa shape index (κ1) is 21.6. The molecule has 28 heavy (non-hydrogen) atoms. The van der Waals surface area contributed by atoms with Crippen LogP contribution in [0.15, 0.2) is 35.4 Å². The van der Waals surface area contributed by atoms with Crippen molar-refractivity contribution in [2.75, 3.05) is 17.1 Å². The third kappa shape index (κ3) is 5.19. The van der Waals surface area contributed by atoms with Gasteiger partial charge in [0.25, 0.3) is 5.91 Å². The summed E-state index contributed by atoms with van der Waals surface area (Å²) in [6, 6.07) is 9.34. The van der Waals surface area contributed by atoms with E-state index < -0.39 is 15.9 Å². The number of nitrogens with zero attached hydrogens (tertiary/aromatic N) is 2. The minimum absolute atomic E-state index is 0.341. The van der Waals surface area contributed by atoms with Crippen LogP contribution in [0.25, 0.3) is 0 Å². The lowest BCUT2D eigenvalue weighted by atomic mass is 10.00. The van der Waals surface area contributed by atoms with E-state index in [4.69, 9.17) is 0 Å². The van der Waals surface area contributed by atoms with Gasteiger partial charge in [0, 0.05) is 0 Å². The van der Waals surface area contributed by atoms with Crippen molar-refractivity contribution in [2.24, 2.45) is 5.10 Å². The Bertz CT molecular complexity index is 1030. The Kier molecular flexibility index (Phi) is 6.61. The van der Waals surface area contributed by atoms with Crippen molar-refractivity contribution in [1.29, 1.82) is 0 Å². The molecule has 0 aromatic heterocycles. The molecule has 0 saturated carbocycles. The van der Waals surface area contributed by atoms with E-state index in [1.54, 1.807) is 12.3 Å². The highest BCUT2D eigenvalue weighted by Gasteiger charge is 2.22. The van der Waals surface area contributed by atoms with Crippen LogP contribution >= 0.6 is 0 Å². The van der Waals surface area contributed by atoms with Crippen molar-refractivity contribution in [3.8, 4) is 0 Å². The highest BCUT2D eigenvalue weighted by atomic mass is 32.2. The molecule has 2 aromatic carbocycles. The van der Waals surface area contributed by atoms with Crippen LogP contribution in [0, 0.1) is 34.6 Å². The van der Waals surface area contributed by atoms with Gasteiger partial charge >= 0.3 is 0 Å². The molecule has 0 unspecified atom stereocenters. The van der Waals surface area contributed by atoms with Gasteiger partial charge in [-0.25, -0.2) is 13.8 Å². The second kappa shape index (κ2) is 8.56. The number of nitrogens with one attached hydrogen (secondary N) is 1. The lowest BCUT2D eigenvalue weighted by molar-refractivity contribution is -0.119. The molecule has 0 spiro atoms. The summed E-state index contributed by atoms with van der Waals surface area (Å²) in [5.74, 6) is -0.511. The molecule has 7 heteroatoms. The molecule has 6 nitrogen and oxygen atoms in total.